The van der Waals surface area contributed by atoms with Gasteiger partial charge in [0.25, 0.3) is 0 Å². The quantitative estimate of drug-likeness (QED) is 0.447. The molecular formula is C10H14. The monoisotopic (exact) mass is 134 g/mol. The van der Waals surface area contributed by atoms with Crippen molar-refractivity contribution < 1.29 is 0 Å². The minimum absolute atomic E-state index is 0.673. The van der Waals surface area contributed by atoms with Gasteiger partial charge in [0.05, 0.1) is 0 Å². The Labute approximate surface area is 63.3 Å². The highest BCUT2D eigenvalue weighted by atomic mass is 14.1. The lowest BCUT2D eigenvalue weighted by Crippen LogP contribution is -2.02. The van der Waals surface area contributed by atoms with E-state index in [9.17, 15) is 0 Å². The SMILES string of the molecule is C=CC#CC1CCCCC1. The molecule has 0 N–H and O–H groups in total. The van der Waals surface area contributed by atoms with E-state index in [1.165, 1.54) is 32.1 Å². The van der Waals surface area contributed by atoms with E-state index in [0.29, 0.717) is 5.92 Å². The van der Waals surface area contributed by atoms with E-state index in [1.54, 1.807) is 6.08 Å². The molecule has 0 aromatic heterocycles. The molecule has 0 nitrogen and oxygen atoms in total. The van der Waals surface area contributed by atoms with Gasteiger partial charge < -0.3 is 0 Å². The molecule has 1 aliphatic carbocycles. The average molecular weight is 134 g/mol. The van der Waals surface area contributed by atoms with Gasteiger partial charge in [-0.3, -0.25) is 0 Å². The first-order valence-electron chi connectivity index (χ1n) is 4.05. The second-order valence-corrected chi connectivity index (χ2v) is 2.83. The molecule has 0 atom stereocenters. The van der Waals surface area contributed by atoms with Crippen LogP contribution in [-0.2, 0) is 0 Å². The van der Waals surface area contributed by atoms with E-state index in [0.717, 1.165) is 0 Å². The molecule has 0 unspecified atom stereocenters. The molecule has 0 aliphatic heterocycles. The van der Waals surface area contributed by atoms with Gasteiger partial charge in [0.1, 0.15) is 0 Å². The zero-order valence-corrected chi connectivity index (χ0v) is 6.40. The second kappa shape index (κ2) is 4.17. The van der Waals surface area contributed by atoms with Gasteiger partial charge in [-0.2, -0.15) is 0 Å². The van der Waals surface area contributed by atoms with E-state index in [2.05, 4.69) is 18.4 Å². The normalized spacial score (nSPS) is 19.2. The standard InChI is InChI=1S/C10H14/c1-2-3-7-10-8-5-4-6-9-10/h2,10H,1,4-6,8-9H2. The van der Waals surface area contributed by atoms with E-state index < -0.39 is 0 Å². The van der Waals surface area contributed by atoms with Crippen molar-refractivity contribution in [1.29, 1.82) is 0 Å². The molecule has 0 aromatic rings. The molecule has 1 rings (SSSR count). The van der Waals surface area contributed by atoms with Crippen LogP contribution in [0.2, 0.25) is 0 Å². The van der Waals surface area contributed by atoms with Gasteiger partial charge in [0.15, 0.2) is 0 Å². The van der Waals surface area contributed by atoms with Crippen LogP contribution in [0.1, 0.15) is 32.1 Å². The van der Waals surface area contributed by atoms with Crippen molar-refractivity contribution in [2.75, 3.05) is 0 Å². The maximum atomic E-state index is 3.57. The van der Waals surface area contributed by atoms with Crippen LogP contribution in [0.3, 0.4) is 0 Å². The van der Waals surface area contributed by atoms with Crippen molar-refractivity contribution in [3.8, 4) is 11.8 Å². The minimum atomic E-state index is 0.673. The number of hydrogen-bond acceptors (Lipinski definition) is 0. The predicted octanol–water partition coefficient (Wildman–Crippen LogP) is 2.76. The molecule has 1 saturated carbocycles. The summed E-state index contributed by atoms with van der Waals surface area (Å²) in [6.07, 6.45) is 8.45. The lowest BCUT2D eigenvalue weighted by atomic mass is 9.90. The Hall–Kier alpha value is -0.700. The fourth-order valence-electron chi connectivity index (χ4n) is 1.42. The third kappa shape index (κ3) is 2.27. The molecule has 0 spiro atoms. The van der Waals surface area contributed by atoms with Crippen LogP contribution in [-0.4, -0.2) is 0 Å². The van der Waals surface area contributed by atoms with Gasteiger partial charge in [-0.1, -0.05) is 37.7 Å². The molecule has 10 heavy (non-hydrogen) atoms. The molecule has 0 heterocycles. The van der Waals surface area contributed by atoms with Crippen LogP contribution in [0.15, 0.2) is 12.7 Å². The van der Waals surface area contributed by atoms with Crippen molar-refractivity contribution in [1.82, 2.24) is 0 Å². The van der Waals surface area contributed by atoms with Crippen molar-refractivity contribution in [3.63, 3.8) is 0 Å². The predicted molar refractivity (Wildman–Crippen MR) is 44.5 cm³/mol. The Bertz CT molecular complexity index is 151. The first-order chi connectivity index (χ1) is 4.93. The van der Waals surface area contributed by atoms with Gasteiger partial charge in [-0.25, -0.2) is 0 Å². The summed E-state index contributed by atoms with van der Waals surface area (Å²) < 4.78 is 0. The van der Waals surface area contributed by atoms with Crippen LogP contribution in [0.25, 0.3) is 0 Å². The lowest BCUT2D eigenvalue weighted by molar-refractivity contribution is 0.430. The van der Waals surface area contributed by atoms with Gasteiger partial charge in [0.2, 0.25) is 0 Å². The summed E-state index contributed by atoms with van der Waals surface area (Å²) in [4.78, 5) is 0. The average Bonchev–Trinajstić information content (AvgIpc) is 2.03. The maximum Gasteiger partial charge on any atom is 0.0206 e. The van der Waals surface area contributed by atoms with Crippen LogP contribution in [0, 0.1) is 17.8 Å². The molecule has 1 fully saturated rings. The Morgan fingerprint density at radius 2 is 1.90 bits per heavy atom. The fourth-order valence-corrected chi connectivity index (χ4v) is 1.42. The highest BCUT2D eigenvalue weighted by Crippen LogP contribution is 2.22. The first-order valence-corrected chi connectivity index (χ1v) is 4.05. The number of rotatable bonds is 0. The van der Waals surface area contributed by atoms with Crippen molar-refractivity contribution in [2.24, 2.45) is 5.92 Å². The van der Waals surface area contributed by atoms with E-state index in [1.807, 2.05) is 0 Å². The molecular weight excluding hydrogens is 120 g/mol. The summed E-state index contributed by atoms with van der Waals surface area (Å²) in [5.41, 5.74) is 0. The summed E-state index contributed by atoms with van der Waals surface area (Å²) in [5, 5.41) is 0. The molecule has 54 valence electrons. The van der Waals surface area contributed by atoms with E-state index in [4.69, 9.17) is 0 Å². The van der Waals surface area contributed by atoms with E-state index >= 15 is 0 Å². The van der Waals surface area contributed by atoms with Crippen molar-refractivity contribution >= 4 is 0 Å². The first kappa shape index (κ1) is 7.41. The zero-order valence-electron chi connectivity index (χ0n) is 6.40. The summed E-state index contributed by atoms with van der Waals surface area (Å²) in [5.74, 6) is 6.81. The molecule has 1 aliphatic rings. The smallest absolute Gasteiger partial charge is 0.0206 e. The van der Waals surface area contributed by atoms with Crippen LogP contribution in [0.4, 0.5) is 0 Å². The third-order valence-electron chi connectivity index (χ3n) is 1.99. The van der Waals surface area contributed by atoms with Crippen LogP contribution >= 0.6 is 0 Å². The van der Waals surface area contributed by atoms with E-state index in [-0.39, 0.29) is 0 Å². The molecule has 0 bridgehead atoms. The summed E-state index contributed by atoms with van der Waals surface area (Å²) in [6.45, 7) is 3.57. The van der Waals surface area contributed by atoms with Gasteiger partial charge in [-0.15, -0.1) is 0 Å². The van der Waals surface area contributed by atoms with Gasteiger partial charge in [-0.05, 0) is 18.9 Å². The maximum absolute atomic E-state index is 3.57. The molecule has 0 aromatic carbocycles. The Kier molecular flexibility index (Phi) is 3.09. The number of allylic oxidation sites excluding steroid dienone is 1. The fraction of sp³-hybridized carbons (Fsp3) is 0.600. The lowest BCUT2D eigenvalue weighted by Gasteiger charge is -2.15. The topological polar surface area (TPSA) is 0 Å². The summed E-state index contributed by atoms with van der Waals surface area (Å²) >= 11 is 0. The third-order valence-corrected chi connectivity index (χ3v) is 1.99. The van der Waals surface area contributed by atoms with Gasteiger partial charge in [0, 0.05) is 5.92 Å². The van der Waals surface area contributed by atoms with Crippen molar-refractivity contribution in [2.45, 2.75) is 32.1 Å². The van der Waals surface area contributed by atoms with Crippen LogP contribution < -0.4 is 0 Å². The Morgan fingerprint density at radius 3 is 2.50 bits per heavy atom. The van der Waals surface area contributed by atoms with Crippen molar-refractivity contribution in [3.05, 3.63) is 12.7 Å². The van der Waals surface area contributed by atoms with Gasteiger partial charge >= 0.3 is 0 Å². The van der Waals surface area contributed by atoms with Crippen LogP contribution in [0.5, 0.6) is 0 Å². The molecule has 0 saturated heterocycles. The second-order valence-electron chi connectivity index (χ2n) is 2.83. The zero-order chi connectivity index (χ0) is 7.23. The highest BCUT2D eigenvalue weighted by Gasteiger charge is 2.09. The summed E-state index contributed by atoms with van der Waals surface area (Å²) in [6, 6.07) is 0. The minimum Gasteiger partial charge on any atom is -0.0951 e. The molecule has 0 heteroatoms. The molecule has 0 radical (unpaired) electrons. The molecule has 0 amide bonds. The summed E-state index contributed by atoms with van der Waals surface area (Å²) in [7, 11) is 0. The largest absolute Gasteiger partial charge is 0.0951 e. The Balaban J connectivity index is 2.32. The Morgan fingerprint density at radius 1 is 1.20 bits per heavy atom. The number of hydrogen-bond donors (Lipinski definition) is 0. The highest BCUT2D eigenvalue weighted by molar-refractivity contribution is 5.14.